The Labute approximate surface area is 99.0 Å². The van der Waals surface area contributed by atoms with Gasteiger partial charge in [-0.2, -0.15) is 0 Å². The molecular weight excluding hydrogens is 200 g/mol. The Balaban J connectivity index is 1.72. The summed E-state index contributed by atoms with van der Waals surface area (Å²) in [5.41, 5.74) is 5.75. The van der Waals surface area contributed by atoms with Crippen molar-refractivity contribution in [3.63, 3.8) is 0 Å². The fourth-order valence-electron chi connectivity index (χ4n) is 3.32. The van der Waals surface area contributed by atoms with Crippen molar-refractivity contribution < 1.29 is 5.11 Å². The topological polar surface area (TPSA) is 49.5 Å². The van der Waals surface area contributed by atoms with Crippen molar-refractivity contribution >= 4 is 0 Å². The molecule has 0 aromatic heterocycles. The van der Waals surface area contributed by atoms with Crippen molar-refractivity contribution in [2.45, 2.75) is 44.6 Å². The molecule has 2 aliphatic rings. The SMILES string of the molecule is NC(CO)CCN1CCC2CCCCC2C1. The molecule has 3 atom stereocenters. The van der Waals surface area contributed by atoms with Crippen LogP contribution in [0, 0.1) is 11.8 Å². The minimum atomic E-state index is -0.0240. The summed E-state index contributed by atoms with van der Waals surface area (Å²) in [6, 6.07) is -0.0240. The highest BCUT2D eigenvalue weighted by Crippen LogP contribution is 2.35. The van der Waals surface area contributed by atoms with Crippen LogP contribution in [0.5, 0.6) is 0 Å². The molecule has 1 saturated heterocycles. The Kier molecular flexibility index (Phi) is 4.62. The molecule has 16 heavy (non-hydrogen) atoms. The Morgan fingerprint density at radius 2 is 1.94 bits per heavy atom. The van der Waals surface area contributed by atoms with E-state index in [-0.39, 0.29) is 12.6 Å². The van der Waals surface area contributed by atoms with E-state index >= 15 is 0 Å². The summed E-state index contributed by atoms with van der Waals surface area (Å²) in [5, 5.41) is 8.91. The monoisotopic (exact) mass is 226 g/mol. The van der Waals surface area contributed by atoms with Gasteiger partial charge in [0.2, 0.25) is 0 Å². The summed E-state index contributed by atoms with van der Waals surface area (Å²) < 4.78 is 0. The smallest absolute Gasteiger partial charge is 0.0583 e. The largest absolute Gasteiger partial charge is 0.395 e. The summed E-state index contributed by atoms with van der Waals surface area (Å²) in [7, 11) is 0. The van der Waals surface area contributed by atoms with E-state index in [1.807, 2.05) is 0 Å². The van der Waals surface area contributed by atoms with Gasteiger partial charge in [-0.25, -0.2) is 0 Å². The standard InChI is InChI=1S/C13H26N2O/c14-13(10-16)6-8-15-7-5-11-3-1-2-4-12(11)9-15/h11-13,16H,1-10,14H2. The van der Waals surface area contributed by atoms with Crippen LogP contribution < -0.4 is 5.73 Å². The van der Waals surface area contributed by atoms with Gasteiger partial charge in [0.15, 0.2) is 0 Å². The van der Waals surface area contributed by atoms with E-state index < -0.39 is 0 Å². The van der Waals surface area contributed by atoms with E-state index in [1.165, 1.54) is 45.2 Å². The predicted molar refractivity (Wildman–Crippen MR) is 66.2 cm³/mol. The molecule has 94 valence electrons. The fraction of sp³-hybridized carbons (Fsp3) is 1.00. The molecular formula is C13H26N2O. The zero-order valence-corrected chi connectivity index (χ0v) is 10.3. The van der Waals surface area contributed by atoms with Gasteiger partial charge in [0.25, 0.3) is 0 Å². The fourth-order valence-corrected chi connectivity index (χ4v) is 3.32. The van der Waals surface area contributed by atoms with Gasteiger partial charge in [0.05, 0.1) is 6.61 Å². The van der Waals surface area contributed by atoms with Crippen molar-refractivity contribution in [1.82, 2.24) is 4.90 Å². The average molecular weight is 226 g/mol. The molecule has 1 saturated carbocycles. The van der Waals surface area contributed by atoms with Crippen molar-refractivity contribution in [1.29, 1.82) is 0 Å². The first-order valence-corrected chi connectivity index (χ1v) is 6.88. The minimum absolute atomic E-state index is 0.0240. The third kappa shape index (κ3) is 3.19. The highest BCUT2D eigenvalue weighted by Gasteiger charge is 2.30. The molecule has 3 N–H and O–H groups in total. The molecule has 0 aromatic rings. The lowest BCUT2D eigenvalue weighted by Gasteiger charge is -2.41. The van der Waals surface area contributed by atoms with Crippen LogP contribution in [0.1, 0.15) is 38.5 Å². The van der Waals surface area contributed by atoms with Crippen LogP contribution in [0.25, 0.3) is 0 Å². The second kappa shape index (κ2) is 5.99. The van der Waals surface area contributed by atoms with Gasteiger partial charge in [-0.15, -0.1) is 0 Å². The summed E-state index contributed by atoms with van der Waals surface area (Å²) in [4.78, 5) is 2.56. The van der Waals surface area contributed by atoms with Crippen molar-refractivity contribution in [2.24, 2.45) is 17.6 Å². The molecule has 0 amide bonds. The zero-order chi connectivity index (χ0) is 11.4. The molecule has 0 aromatic carbocycles. The number of fused-ring (bicyclic) bond motifs is 1. The normalized spacial score (nSPS) is 33.4. The number of aliphatic hydroxyl groups excluding tert-OH is 1. The first kappa shape index (κ1) is 12.3. The van der Waals surface area contributed by atoms with E-state index in [2.05, 4.69) is 4.90 Å². The number of piperidine rings is 1. The molecule has 0 radical (unpaired) electrons. The van der Waals surface area contributed by atoms with E-state index in [9.17, 15) is 0 Å². The van der Waals surface area contributed by atoms with Crippen LogP contribution in [-0.4, -0.2) is 42.3 Å². The number of likely N-dealkylation sites (tertiary alicyclic amines) is 1. The predicted octanol–water partition coefficient (Wildman–Crippen LogP) is 1.21. The van der Waals surface area contributed by atoms with Crippen LogP contribution in [0.2, 0.25) is 0 Å². The number of rotatable bonds is 4. The average Bonchev–Trinajstić information content (AvgIpc) is 2.35. The van der Waals surface area contributed by atoms with E-state index in [0.717, 1.165) is 24.8 Å². The first-order chi connectivity index (χ1) is 7.79. The highest BCUT2D eigenvalue weighted by molar-refractivity contribution is 4.83. The summed E-state index contributed by atoms with van der Waals surface area (Å²) >= 11 is 0. The summed E-state index contributed by atoms with van der Waals surface area (Å²) in [6.45, 7) is 3.73. The molecule has 2 fully saturated rings. The van der Waals surface area contributed by atoms with E-state index in [1.54, 1.807) is 0 Å². The lowest BCUT2D eigenvalue weighted by atomic mass is 9.75. The lowest BCUT2D eigenvalue weighted by molar-refractivity contribution is 0.0831. The molecule has 3 unspecified atom stereocenters. The zero-order valence-electron chi connectivity index (χ0n) is 10.3. The molecule has 0 spiro atoms. The summed E-state index contributed by atoms with van der Waals surface area (Å²) in [6.07, 6.45) is 8.12. The van der Waals surface area contributed by atoms with Gasteiger partial charge < -0.3 is 15.7 Å². The van der Waals surface area contributed by atoms with Crippen LogP contribution in [0.15, 0.2) is 0 Å². The van der Waals surface area contributed by atoms with Gasteiger partial charge in [-0.1, -0.05) is 19.3 Å². The second-order valence-electron chi connectivity index (χ2n) is 5.63. The number of hydrogen-bond donors (Lipinski definition) is 2. The van der Waals surface area contributed by atoms with Crippen LogP contribution >= 0.6 is 0 Å². The highest BCUT2D eigenvalue weighted by atomic mass is 16.3. The minimum Gasteiger partial charge on any atom is -0.395 e. The third-order valence-corrected chi connectivity index (χ3v) is 4.43. The molecule has 1 aliphatic heterocycles. The third-order valence-electron chi connectivity index (χ3n) is 4.43. The molecule has 2 rings (SSSR count). The van der Waals surface area contributed by atoms with Gasteiger partial charge in [-0.3, -0.25) is 0 Å². The molecule has 0 bridgehead atoms. The van der Waals surface area contributed by atoms with Gasteiger partial charge in [0.1, 0.15) is 0 Å². The molecule has 3 heteroatoms. The van der Waals surface area contributed by atoms with Crippen LogP contribution in [-0.2, 0) is 0 Å². The molecule has 1 aliphatic carbocycles. The molecule has 3 nitrogen and oxygen atoms in total. The van der Waals surface area contributed by atoms with Crippen LogP contribution in [0.4, 0.5) is 0 Å². The van der Waals surface area contributed by atoms with Crippen LogP contribution in [0.3, 0.4) is 0 Å². The Bertz CT molecular complexity index is 210. The Hall–Kier alpha value is -0.120. The maximum atomic E-state index is 8.91. The maximum absolute atomic E-state index is 8.91. The van der Waals surface area contributed by atoms with Crippen molar-refractivity contribution in [3.05, 3.63) is 0 Å². The number of aliphatic hydroxyl groups is 1. The lowest BCUT2D eigenvalue weighted by Crippen LogP contribution is -2.43. The number of nitrogens with two attached hydrogens (primary N) is 1. The quantitative estimate of drug-likeness (QED) is 0.757. The molecule has 1 heterocycles. The maximum Gasteiger partial charge on any atom is 0.0583 e. The second-order valence-corrected chi connectivity index (χ2v) is 5.63. The number of hydrogen-bond acceptors (Lipinski definition) is 3. The summed E-state index contributed by atoms with van der Waals surface area (Å²) in [5.74, 6) is 1.96. The van der Waals surface area contributed by atoms with Gasteiger partial charge >= 0.3 is 0 Å². The van der Waals surface area contributed by atoms with E-state index in [0.29, 0.717) is 0 Å². The van der Waals surface area contributed by atoms with Crippen molar-refractivity contribution in [3.8, 4) is 0 Å². The van der Waals surface area contributed by atoms with Gasteiger partial charge in [0, 0.05) is 12.6 Å². The van der Waals surface area contributed by atoms with Gasteiger partial charge in [-0.05, 0) is 44.2 Å². The number of nitrogens with zero attached hydrogens (tertiary/aromatic N) is 1. The van der Waals surface area contributed by atoms with E-state index in [4.69, 9.17) is 10.8 Å². The Morgan fingerprint density at radius 3 is 2.69 bits per heavy atom. The van der Waals surface area contributed by atoms with Crippen molar-refractivity contribution in [2.75, 3.05) is 26.2 Å². The first-order valence-electron chi connectivity index (χ1n) is 6.88. The Morgan fingerprint density at radius 1 is 1.19 bits per heavy atom.